The Kier molecular flexibility index (Phi) is 6.80. The molecule has 0 aromatic heterocycles. The van der Waals surface area contributed by atoms with Gasteiger partial charge in [0.05, 0.1) is 0 Å². The van der Waals surface area contributed by atoms with Crippen LogP contribution in [0.5, 0.6) is 5.75 Å². The number of aryl methyl sites for hydroxylation is 1. The monoisotopic (exact) mass is 471 g/mol. The van der Waals surface area contributed by atoms with E-state index in [1.807, 2.05) is 54.1 Å². The number of nitrogens with zero attached hydrogens (tertiary/aromatic N) is 1. The van der Waals surface area contributed by atoms with Crippen LogP contribution in [0.3, 0.4) is 0 Å². The van der Waals surface area contributed by atoms with Gasteiger partial charge >= 0.3 is 10.2 Å². The zero-order chi connectivity index (χ0) is 23.4. The predicted octanol–water partition coefficient (Wildman–Crippen LogP) is 3.28. The van der Waals surface area contributed by atoms with Crippen molar-refractivity contribution in [3.05, 3.63) is 71.5 Å². The highest BCUT2D eigenvalue weighted by molar-refractivity contribution is 7.92. The van der Waals surface area contributed by atoms with Crippen LogP contribution in [0.2, 0.25) is 0 Å². The molecule has 1 fully saturated rings. The van der Waals surface area contributed by atoms with Gasteiger partial charge in [0, 0.05) is 5.39 Å². The Labute approximate surface area is 192 Å². The molecule has 7 nitrogen and oxygen atoms in total. The van der Waals surface area contributed by atoms with Crippen molar-refractivity contribution in [2.45, 2.75) is 26.4 Å². The second-order valence-corrected chi connectivity index (χ2v) is 9.46. The number of ether oxygens (including phenoxy) is 1. The number of rotatable bonds is 9. The van der Waals surface area contributed by atoms with E-state index in [0.29, 0.717) is 5.39 Å². The summed E-state index contributed by atoms with van der Waals surface area (Å²) in [5.41, 5.74) is 1.53. The second kappa shape index (κ2) is 9.76. The zero-order valence-electron chi connectivity index (χ0n) is 18.3. The van der Waals surface area contributed by atoms with Gasteiger partial charge in [-0.1, -0.05) is 49.4 Å². The van der Waals surface area contributed by atoms with Crippen molar-refractivity contribution in [3.63, 3.8) is 0 Å². The van der Waals surface area contributed by atoms with Crippen molar-refractivity contribution in [2.24, 2.45) is 0 Å². The van der Waals surface area contributed by atoms with Crippen LogP contribution in [0.25, 0.3) is 10.8 Å². The second-order valence-electron chi connectivity index (χ2n) is 7.86. The van der Waals surface area contributed by atoms with E-state index in [1.165, 1.54) is 0 Å². The van der Waals surface area contributed by atoms with Gasteiger partial charge in [-0.05, 0) is 54.6 Å². The van der Waals surface area contributed by atoms with Crippen LogP contribution in [-0.4, -0.2) is 34.0 Å². The molecule has 1 aliphatic heterocycles. The van der Waals surface area contributed by atoms with Gasteiger partial charge in [-0.3, -0.25) is 4.79 Å². The third-order valence-corrected chi connectivity index (χ3v) is 6.84. The average Bonchev–Trinajstić information content (AvgIpc) is 3.07. The van der Waals surface area contributed by atoms with Crippen molar-refractivity contribution >= 4 is 32.6 Å². The number of carbonyl (C=O) groups is 1. The van der Waals surface area contributed by atoms with E-state index in [1.54, 1.807) is 12.1 Å². The lowest BCUT2D eigenvalue weighted by atomic mass is 10.0. The van der Waals surface area contributed by atoms with Crippen LogP contribution >= 0.6 is 0 Å². The summed E-state index contributed by atoms with van der Waals surface area (Å²) in [6.45, 7) is 3.40. The third-order valence-electron chi connectivity index (χ3n) is 5.46. The highest BCUT2D eigenvalue weighted by Gasteiger charge is 2.38. The van der Waals surface area contributed by atoms with E-state index in [2.05, 4.69) is 5.32 Å². The number of fused-ring (bicyclic) bond motifs is 1. The fourth-order valence-corrected chi connectivity index (χ4v) is 5.00. The fourth-order valence-electron chi connectivity index (χ4n) is 3.84. The van der Waals surface area contributed by atoms with Crippen LogP contribution in [-0.2, 0) is 28.0 Å². The van der Waals surface area contributed by atoms with Gasteiger partial charge in [-0.15, -0.1) is 0 Å². The lowest BCUT2D eigenvalue weighted by Crippen LogP contribution is -2.30. The number of anilines is 1. The summed E-state index contributed by atoms with van der Waals surface area (Å²) in [5, 5.41) is 4.13. The quantitative estimate of drug-likeness (QED) is 0.468. The Morgan fingerprint density at radius 3 is 2.61 bits per heavy atom. The molecule has 0 atom stereocenters. The molecule has 9 heteroatoms. The number of halogens is 1. The first-order valence-corrected chi connectivity index (χ1v) is 12.3. The summed E-state index contributed by atoms with van der Waals surface area (Å²) in [6, 6.07) is 16.4. The normalized spacial score (nSPS) is 15.1. The Morgan fingerprint density at radius 2 is 1.91 bits per heavy atom. The minimum absolute atomic E-state index is 0.0591. The topological polar surface area (TPSA) is 87.7 Å². The predicted molar refractivity (Wildman–Crippen MR) is 126 cm³/mol. The smallest absolute Gasteiger partial charge is 0.326 e. The first-order valence-electron chi connectivity index (χ1n) is 10.8. The lowest BCUT2D eigenvalue weighted by molar-refractivity contribution is -0.117. The van der Waals surface area contributed by atoms with Crippen LogP contribution in [0.4, 0.5) is 10.1 Å². The first-order chi connectivity index (χ1) is 15.9. The summed E-state index contributed by atoms with van der Waals surface area (Å²) in [6.07, 6.45) is 1.65. The van der Waals surface area contributed by atoms with Crippen molar-refractivity contribution < 1.29 is 22.3 Å². The van der Waals surface area contributed by atoms with E-state index in [9.17, 15) is 13.2 Å². The molecule has 0 saturated carbocycles. The molecule has 0 aliphatic carbocycles. The van der Waals surface area contributed by atoms with E-state index >= 15 is 4.39 Å². The molecular formula is C24H26FN3O4S. The number of amides is 1. The van der Waals surface area contributed by atoms with E-state index in [4.69, 9.17) is 4.74 Å². The molecular weight excluding hydrogens is 445 g/mol. The maximum absolute atomic E-state index is 15.9. The van der Waals surface area contributed by atoms with Crippen LogP contribution in [0.15, 0.2) is 54.6 Å². The molecule has 174 valence electrons. The van der Waals surface area contributed by atoms with Gasteiger partial charge in [-0.25, -0.2) is 13.4 Å². The van der Waals surface area contributed by atoms with Crippen LogP contribution in [0, 0.1) is 5.82 Å². The summed E-state index contributed by atoms with van der Waals surface area (Å²) in [5.74, 6) is -1.39. The molecule has 3 aromatic rings. The Morgan fingerprint density at radius 1 is 1.12 bits per heavy atom. The maximum Gasteiger partial charge on any atom is 0.326 e. The SMILES string of the molecule is CCNCCCc1ccc2cc(OCc3ccccc3)c(N3CC(=O)NS3(=O)=O)c(F)c2c1. The Hall–Kier alpha value is -3.17. The molecule has 1 saturated heterocycles. The van der Waals surface area contributed by atoms with Gasteiger partial charge in [0.2, 0.25) is 0 Å². The van der Waals surface area contributed by atoms with Gasteiger partial charge in [0.15, 0.2) is 5.82 Å². The molecule has 0 bridgehead atoms. The average molecular weight is 472 g/mol. The van der Waals surface area contributed by atoms with Crippen molar-refractivity contribution in [1.82, 2.24) is 10.0 Å². The summed E-state index contributed by atoms with van der Waals surface area (Å²) in [4.78, 5) is 11.8. The standard InChI is InChI=1S/C24H26FN3O4S/c1-2-26-12-6-9-17-10-11-19-14-21(32-16-18-7-4-3-5-8-18)24(23(25)20(19)13-17)28-15-22(29)27-33(28,30)31/h3-5,7-8,10-11,13-14,26H,2,6,9,12,15-16H2,1H3,(H,27,29). The highest BCUT2D eigenvalue weighted by Crippen LogP contribution is 2.40. The van der Waals surface area contributed by atoms with Gasteiger partial charge in [0.25, 0.3) is 5.91 Å². The fraction of sp³-hybridized carbons (Fsp3) is 0.292. The summed E-state index contributed by atoms with van der Waals surface area (Å²) < 4.78 is 49.4. The molecule has 2 N–H and O–H groups in total. The molecule has 4 rings (SSSR count). The molecule has 1 aliphatic rings. The minimum atomic E-state index is -4.21. The molecule has 1 amide bonds. The number of hydrogen-bond acceptors (Lipinski definition) is 5. The number of carbonyl (C=O) groups excluding carboxylic acids is 1. The van der Waals surface area contributed by atoms with Gasteiger partial charge < -0.3 is 10.1 Å². The molecule has 0 radical (unpaired) electrons. The minimum Gasteiger partial charge on any atom is -0.487 e. The number of nitrogens with one attached hydrogen (secondary N) is 2. The third kappa shape index (κ3) is 5.09. The largest absolute Gasteiger partial charge is 0.487 e. The van der Waals surface area contributed by atoms with Gasteiger partial charge in [0.1, 0.15) is 24.6 Å². The van der Waals surface area contributed by atoms with Crippen molar-refractivity contribution in [3.8, 4) is 5.75 Å². The molecule has 3 aromatic carbocycles. The van der Waals surface area contributed by atoms with Crippen LogP contribution in [0.1, 0.15) is 24.5 Å². The number of benzene rings is 3. The lowest BCUT2D eigenvalue weighted by Gasteiger charge is -2.21. The van der Waals surface area contributed by atoms with Crippen LogP contribution < -0.4 is 19.1 Å². The Balaban J connectivity index is 1.75. The molecule has 1 heterocycles. The maximum atomic E-state index is 15.9. The molecule has 0 unspecified atom stereocenters. The van der Waals surface area contributed by atoms with Crippen molar-refractivity contribution in [1.29, 1.82) is 0 Å². The van der Waals surface area contributed by atoms with Crippen molar-refractivity contribution in [2.75, 3.05) is 23.9 Å². The Bertz CT molecular complexity index is 1270. The zero-order valence-corrected chi connectivity index (χ0v) is 19.1. The number of hydrogen-bond donors (Lipinski definition) is 2. The molecule has 0 spiro atoms. The first kappa shape index (κ1) is 23.0. The van der Waals surface area contributed by atoms with E-state index < -0.39 is 28.5 Å². The summed E-state index contributed by atoms with van der Waals surface area (Å²) >= 11 is 0. The summed E-state index contributed by atoms with van der Waals surface area (Å²) in [7, 11) is -4.21. The highest BCUT2D eigenvalue weighted by atomic mass is 32.2. The van der Waals surface area contributed by atoms with E-state index in [-0.39, 0.29) is 23.4 Å². The van der Waals surface area contributed by atoms with E-state index in [0.717, 1.165) is 41.4 Å². The van der Waals surface area contributed by atoms with Gasteiger partial charge in [-0.2, -0.15) is 8.42 Å². The molecule has 33 heavy (non-hydrogen) atoms.